The molecular weight excluding hydrogens is 246 g/mol. The summed E-state index contributed by atoms with van der Waals surface area (Å²) in [7, 11) is 0. The van der Waals surface area contributed by atoms with Crippen molar-refractivity contribution in [3.05, 3.63) is 71.3 Å². The van der Waals surface area contributed by atoms with Gasteiger partial charge in [-0.15, -0.1) is 0 Å². The van der Waals surface area contributed by atoms with E-state index in [-0.39, 0.29) is 17.9 Å². The normalized spacial score (nSPS) is 12.2. The summed E-state index contributed by atoms with van der Waals surface area (Å²) in [6.07, 6.45) is 0. The summed E-state index contributed by atoms with van der Waals surface area (Å²) in [6, 6.07) is 18.3. The highest BCUT2D eigenvalue weighted by atomic mass is 16.1. The van der Waals surface area contributed by atoms with Crippen molar-refractivity contribution in [2.24, 2.45) is 5.92 Å². The highest BCUT2D eigenvalue weighted by Gasteiger charge is 2.18. The van der Waals surface area contributed by atoms with Gasteiger partial charge in [0.25, 0.3) is 0 Å². The minimum absolute atomic E-state index is 0.0216. The molecule has 2 rings (SSSR count). The van der Waals surface area contributed by atoms with E-state index < -0.39 is 0 Å². The molecule has 0 bridgehead atoms. The molecule has 0 aliphatic heterocycles. The molecule has 0 spiro atoms. The van der Waals surface area contributed by atoms with Crippen molar-refractivity contribution in [2.75, 3.05) is 0 Å². The second-order valence-corrected chi connectivity index (χ2v) is 5.42. The van der Waals surface area contributed by atoms with Gasteiger partial charge < -0.3 is 5.32 Å². The van der Waals surface area contributed by atoms with Crippen molar-refractivity contribution in [3.63, 3.8) is 0 Å². The molecule has 104 valence electrons. The van der Waals surface area contributed by atoms with E-state index in [0.29, 0.717) is 0 Å². The van der Waals surface area contributed by atoms with E-state index in [9.17, 15) is 4.79 Å². The molecule has 20 heavy (non-hydrogen) atoms. The maximum atomic E-state index is 12.1. The van der Waals surface area contributed by atoms with Crippen LogP contribution in [0.2, 0.25) is 0 Å². The lowest BCUT2D eigenvalue weighted by Gasteiger charge is -2.21. The number of aryl methyl sites for hydroxylation is 1. The predicted octanol–water partition coefficient (Wildman–Crippen LogP) is 3.86. The Morgan fingerprint density at radius 1 is 0.900 bits per heavy atom. The molecule has 1 atom stereocenters. The van der Waals surface area contributed by atoms with Crippen LogP contribution in [0.1, 0.15) is 36.6 Å². The molecule has 0 aromatic heterocycles. The van der Waals surface area contributed by atoms with Crippen molar-refractivity contribution in [1.82, 2.24) is 5.32 Å². The van der Waals surface area contributed by atoms with E-state index in [0.717, 1.165) is 11.1 Å². The predicted molar refractivity (Wildman–Crippen MR) is 82.4 cm³/mol. The third kappa shape index (κ3) is 3.47. The molecule has 0 aliphatic rings. The summed E-state index contributed by atoms with van der Waals surface area (Å²) in [6.45, 7) is 5.88. The Bertz CT molecular complexity index is 558. The lowest BCUT2D eigenvalue weighted by molar-refractivity contribution is -0.124. The molecule has 0 radical (unpaired) electrons. The van der Waals surface area contributed by atoms with Gasteiger partial charge in [0.05, 0.1) is 6.04 Å². The van der Waals surface area contributed by atoms with Crippen LogP contribution in [-0.2, 0) is 4.79 Å². The van der Waals surface area contributed by atoms with Crippen molar-refractivity contribution < 1.29 is 4.79 Å². The van der Waals surface area contributed by atoms with Gasteiger partial charge in [-0.2, -0.15) is 0 Å². The van der Waals surface area contributed by atoms with Crippen LogP contribution in [0.5, 0.6) is 0 Å². The molecule has 0 aliphatic carbocycles. The molecule has 2 aromatic carbocycles. The fourth-order valence-corrected chi connectivity index (χ4v) is 2.07. The summed E-state index contributed by atoms with van der Waals surface area (Å²) < 4.78 is 0. The van der Waals surface area contributed by atoms with E-state index in [1.165, 1.54) is 5.56 Å². The zero-order valence-corrected chi connectivity index (χ0v) is 12.3. The van der Waals surface area contributed by atoms with E-state index in [4.69, 9.17) is 0 Å². The van der Waals surface area contributed by atoms with Crippen LogP contribution in [0.25, 0.3) is 0 Å². The van der Waals surface area contributed by atoms with Crippen LogP contribution in [-0.4, -0.2) is 5.91 Å². The zero-order valence-electron chi connectivity index (χ0n) is 12.3. The van der Waals surface area contributed by atoms with E-state index in [2.05, 4.69) is 36.5 Å². The number of benzene rings is 2. The highest BCUT2D eigenvalue weighted by Crippen LogP contribution is 2.22. The number of carbonyl (C=O) groups is 1. The van der Waals surface area contributed by atoms with Crippen molar-refractivity contribution in [2.45, 2.75) is 26.8 Å². The SMILES string of the molecule is Cc1ccc([C@@H](NC(=O)C(C)C)c2ccccc2)cc1. The number of amides is 1. The Balaban J connectivity index is 2.34. The van der Waals surface area contributed by atoms with Gasteiger partial charge in [-0.1, -0.05) is 74.0 Å². The van der Waals surface area contributed by atoms with E-state index in [1.807, 2.05) is 44.2 Å². The Morgan fingerprint density at radius 2 is 1.45 bits per heavy atom. The third-order valence-electron chi connectivity index (χ3n) is 3.35. The summed E-state index contributed by atoms with van der Waals surface area (Å²) >= 11 is 0. The second kappa shape index (κ2) is 6.38. The summed E-state index contributed by atoms with van der Waals surface area (Å²) in [5, 5.41) is 3.13. The average Bonchev–Trinajstić information content (AvgIpc) is 2.46. The summed E-state index contributed by atoms with van der Waals surface area (Å²) in [5.41, 5.74) is 3.43. The van der Waals surface area contributed by atoms with Crippen LogP contribution in [0.4, 0.5) is 0 Å². The zero-order chi connectivity index (χ0) is 14.5. The molecule has 2 aromatic rings. The van der Waals surface area contributed by atoms with Crippen LogP contribution < -0.4 is 5.32 Å². The van der Waals surface area contributed by atoms with Crippen LogP contribution in [0.15, 0.2) is 54.6 Å². The monoisotopic (exact) mass is 267 g/mol. The second-order valence-electron chi connectivity index (χ2n) is 5.42. The van der Waals surface area contributed by atoms with Gasteiger partial charge in [0.15, 0.2) is 0 Å². The van der Waals surface area contributed by atoms with Gasteiger partial charge in [0.2, 0.25) is 5.91 Å². The Hall–Kier alpha value is -2.09. The quantitative estimate of drug-likeness (QED) is 0.895. The highest BCUT2D eigenvalue weighted by molar-refractivity contribution is 5.78. The minimum atomic E-state index is -0.0910. The molecule has 1 amide bonds. The maximum Gasteiger partial charge on any atom is 0.223 e. The molecule has 2 heteroatoms. The van der Waals surface area contributed by atoms with E-state index >= 15 is 0 Å². The van der Waals surface area contributed by atoms with Gasteiger partial charge in [-0.25, -0.2) is 0 Å². The van der Waals surface area contributed by atoms with Gasteiger partial charge in [-0.05, 0) is 18.1 Å². The summed E-state index contributed by atoms with van der Waals surface area (Å²) in [4.78, 5) is 12.1. The number of hydrogen-bond donors (Lipinski definition) is 1. The lowest BCUT2D eigenvalue weighted by atomic mass is 9.97. The Morgan fingerprint density at radius 3 is 2.00 bits per heavy atom. The van der Waals surface area contributed by atoms with Gasteiger partial charge in [0, 0.05) is 5.92 Å². The van der Waals surface area contributed by atoms with E-state index in [1.54, 1.807) is 0 Å². The van der Waals surface area contributed by atoms with Gasteiger partial charge in [0.1, 0.15) is 0 Å². The number of carbonyl (C=O) groups excluding carboxylic acids is 1. The molecule has 0 saturated carbocycles. The molecule has 2 nitrogen and oxygen atoms in total. The Labute approximate surface area is 120 Å². The van der Waals surface area contributed by atoms with Gasteiger partial charge >= 0.3 is 0 Å². The smallest absolute Gasteiger partial charge is 0.223 e. The minimum Gasteiger partial charge on any atom is -0.345 e. The molecule has 1 N–H and O–H groups in total. The first-order chi connectivity index (χ1) is 9.58. The number of rotatable bonds is 4. The molecule has 0 fully saturated rings. The number of nitrogens with one attached hydrogen (secondary N) is 1. The van der Waals surface area contributed by atoms with Crippen molar-refractivity contribution >= 4 is 5.91 Å². The third-order valence-corrected chi connectivity index (χ3v) is 3.35. The standard InChI is InChI=1S/C18H21NO/c1-13(2)18(20)19-17(15-7-5-4-6-8-15)16-11-9-14(3)10-12-16/h4-13,17H,1-3H3,(H,19,20)/t17-/m0/s1. The molecule has 0 heterocycles. The topological polar surface area (TPSA) is 29.1 Å². The average molecular weight is 267 g/mol. The molecule has 0 saturated heterocycles. The molecule has 0 unspecified atom stereocenters. The van der Waals surface area contributed by atoms with Crippen LogP contribution in [0.3, 0.4) is 0 Å². The number of hydrogen-bond acceptors (Lipinski definition) is 1. The maximum absolute atomic E-state index is 12.1. The van der Waals surface area contributed by atoms with Gasteiger partial charge in [-0.3, -0.25) is 4.79 Å². The first-order valence-corrected chi connectivity index (χ1v) is 7.00. The largest absolute Gasteiger partial charge is 0.345 e. The van der Waals surface area contributed by atoms with Crippen LogP contribution in [0, 0.1) is 12.8 Å². The summed E-state index contributed by atoms with van der Waals surface area (Å²) in [5.74, 6) is 0.0473. The lowest BCUT2D eigenvalue weighted by Crippen LogP contribution is -2.32. The fourth-order valence-electron chi connectivity index (χ4n) is 2.07. The van der Waals surface area contributed by atoms with Crippen molar-refractivity contribution in [3.8, 4) is 0 Å². The first kappa shape index (κ1) is 14.3. The van der Waals surface area contributed by atoms with Crippen molar-refractivity contribution in [1.29, 1.82) is 0 Å². The Kier molecular flexibility index (Phi) is 4.57. The first-order valence-electron chi connectivity index (χ1n) is 7.00. The van der Waals surface area contributed by atoms with Crippen LogP contribution >= 0.6 is 0 Å². The fraction of sp³-hybridized carbons (Fsp3) is 0.278. The molecular formula is C18H21NO.